The van der Waals surface area contributed by atoms with Crippen molar-refractivity contribution in [2.75, 3.05) is 20.3 Å². The average molecular weight is 765 g/mol. The first kappa shape index (κ1) is 47.4. The van der Waals surface area contributed by atoms with Crippen LogP contribution in [0, 0.1) is 11.8 Å². The molecule has 0 aliphatic heterocycles. The highest BCUT2D eigenvalue weighted by molar-refractivity contribution is 5.94. The van der Waals surface area contributed by atoms with Gasteiger partial charge in [-0.15, -0.1) is 0 Å². The van der Waals surface area contributed by atoms with Crippen LogP contribution in [0.15, 0.2) is 30.3 Å². The van der Waals surface area contributed by atoms with Crippen molar-refractivity contribution >= 4 is 41.5 Å². The van der Waals surface area contributed by atoms with E-state index in [1.165, 1.54) is 21.0 Å². The number of ether oxygens (including phenoxy) is 2. The van der Waals surface area contributed by atoms with Crippen molar-refractivity contribution < 1.29 is 53.2 Å². The first-order valence-electron chi connectivity index (χ1n) is 18.0. The Bertz CT molecular complexity index is 1420. The highest BCUT2D eigenvalue weighted by Crippen LogP contribution is 2.12. The largest absolute Gasteiger partial charge is 0.467 e. The minimum Gasteiger partial charge on any atom is -0.467 e. The molecule has 17 nitrogen and oxygen atoms in total. The molecule has 0 heterocycles. The van der Waals surface area contributed by atoms with Gasteiger partial charge in [0.05, 0.1) is 38.8 Å². The predicted octanol–water partition coefficient (Wildman–Crippen LogP) is -0.143. The number of rotatable bonds is 21. The van der Waals surface area contributed by atoms with Crippen LogP contribution in [0.5, 0.6) is 0 Å². The minimum atomic E-state index is -1.40. The van der Waals surface area contributed by atoms with E-state index >= 15 is 0 Å². The molecule has 7 atom stereocenters. The maximum atomic E-state index is 13.2. The molecule has 1 rings (SSSR count). The zero-order chi connectivity index (χ0) is 41.3. The monoisotopic (exact) mass is 764 g/mol. The molecule has 1 aromatic rings. The Morgan fingerprint density at radius 3 is 1.83 bits per heavy atom. The summed E-state index contributed by atoms with van der Waals surface area (Å²) in [5.41, 5.74) is -0.0419. The van der Waals surface area contributed by atoms with Gasteiger partial charge in [-0.05, 0) is 58.4 Å². The molecule has 0 radical (unpaired) electrons. The van der Waals surface area contributed by atoms with Crippen molar-refractivity contribution in [2.45, 2.75) is 123 Å². The number of hydrogen-bond donors (Lipinski definition) is 8. The number of aliphatic hydroxyl groups excluding tert-OH is 2. The van der Waals surface area contributed by atoms with Gasteiger partial charge in [-0.2, -0.15) is 0 Å². The summed E-state index contributed by atoms with van der Waals surface area (Å²) < 4.78 is 9.88. The normalized spacial score (nSPS) is 15.4. The van der Waals surface area contributed by atoms with Gasteiger partial charge < -0.3 is 51.6 Å². The van der Waals surface area contributed by atoms with E-state index in [-0.39, 0.29) is 24.8 Å². The second-order valence-electron chi connectivity index (χ2n) is 14.8. The van der Waals surface area contributed by atoms with Crippen LogP contribution in [0.25, 0.3) is 0 Å². The van der Waals surface area contributed by atoms with E-state index in [1.807, 2.05) is 18.2 Å². The fourth-order valence-corrected chi connectivity index (χ4v) is 5.01. The number of ketones is 1. The molecule has 3 unspecified atom stereocenters. The van der Waals surface area contributed by atoms with E-state index < -0.39 is 102 Å². The van der Waals surface area contributed by atoms with Gasteiger partial charge in [0.2, 0.25) is 23.6 Å². The summed E-state index contributed by atoms with van der Waals surface area (Å²) in [7, 11) is 1.21. The van der Waals surface area contributed by atoms with Crippen LogP contribution in [0.2, 0.25) is 0 Å². The number of hydrogen-bond acceptors (Lipinski definition) is 12. The van der Waals surface area contributed by atoms with Crippen molar-refractivity contribution in [1.82, 2.24) is 31.9 Å². The number of methoxy groups -OCH3 is 1. The summed E-state index contributed by atoms with van der Waals surface area (Å²) in [4.78, 5) is 89.1. The quantitative estimate of drug-likeness (QED) is 0.0762. The van der Waals surface area contributed by atoms with Crippen LogP contribution in [0.1, 0.15) is 74.3 Å². The van der Waals surface area contributed by atoms with Crippen molar-refractivity contribution in [1.29, 1.82) is 0 Å². The second kappa shape index (κ2) is 22.6. The Balaban J connectivity index is 2.92. The SMILES string of the molecule is COC(=O)[C@@H](NC(=O)C(NC(=O)CC(O)C(Cc1ccccc1)NCC(=O)[C@H](C)NC(=O)[C@H](C)NC(=O)[C@H](CO)NC(=O)OC(C)(C)C)C(C)C)C(C)C. The van der Waals surface area contributed by atoms with Crippen molar-refractivity contribution in [2.24, 2.45) is 11.8 Å². The van der Waals surface area contributed by atoms with Crippen molar-refractivity contribution in [3.05, 3.63) is 35.9 Å². The van der Waals surface area contributed by atoms with Gasteiger partial charge >= 0.3 is 12.1 Å². The van der Waals surface area contributed by atoms with Crippen LogP contribution >= 0.6 is 0 Å². The number of carbonyl (C=O) groups is 7. The lowest BCUT2D eigenvalue weighted by Gasteiger charge is -2.28. The molecule has 0 aliphatic rings. The predicted molar refractivity (Wildman–Crippen MR) is 199 cm³/mol. The maximum Gasteiger partial charge on any atom is 0.408 e. The zero-order valence-corrected chi connectivity index (χ0v) is 33.0. The summed E-state index contributed by atoms with van der Waals surface area (Å²) in [5.74, 6) is -4.54. The van der Waals surface area contributed by atoms with Gasteiger partial charge in [0.25, 0.3) is 0 Å². The van der Waals surface area contributed by atoms with Gasteiger partial charge in [0, 0.05) is 6.04 Å². The van der Waals surface area contributed by atoms with Crippen LogP contribution < -0.4 is 31.9 Å². The van der Waals surface area contributed by atoms with E-state index in [1.54, 1.807) is 60.6 Å². The molecule has 0 aliphatic carbocycles. The number of esters is 1. The van der Waals surface area contributed by atoms with Crippen molar-refractivity contribution in [3.63, 3.8) is 0 Å². The summed E-state index contributed by atoms with van der Waals surface area (Å²) >= 11 is 0. The molecular weight excluding hydrogens is 704 g/mol. The molecule has 0 bridgehead atoms. The molecular formula is C37H60N6O11. The molecule has 0 saturated heterocycles. The van der Waals surface area contributed by atoms with Gasteiger partial charge in [-0.3, -0.25) is 24.0 Å². The van der Waals surface area contributed by atoms with Crippen LogP contribution in [-0.4, -0.2) is 120 Å². The van der Waals surface area contributed by atoms with E-state index in [0.29, 0.717) is 0 Å². The first-order chi connectivity index (χ1) is 25.1. The summed E-state index contributed by atoms with van der Waals surface area (Å²) in [6, 6.07) is 2.69. The molecule has 304 valence electrons. The molecule has 17 heteroatoms. The first-order valence-corrected chi connectivity index (χ1v) is 18.0. The van der Waals surface area contributed by atoms with E-state index in [4.69, 9.17) is 9.47 Å². The zero-order valence-electron chi connectivity index (χ0n) is 33.0. The summed E-state index contributed by atoms with van der Waals surface area (Å²) in [5, 5.41) is 36.2. The number of benzene rings is 1. The van der Waals surface area contributed by atoms with E-state index in [2.05, 4.69) is 31.9 Å². The Hall–Kier alpha value is -4.61. The molecule has 54 heavy (non-hydrogen) atoms. The van der Waals surface area contributed by atoms with E-state index in [0.717, 1.165) is 5.56 Å². The Labute approximate surface area is 317 Å². The Morgan fingerprint density at radius 1 is 0.741 bits per heavy atom. The minimum absolute atomic E-state index is 0.221. The highest BCUT2D eigenvalue weighted by Gasteiger charge is 2.33. The second-order valence-corrected chi connectivity index (χ2v) is 14.8. The highest BCUT2D eigenvalue weighted by atomic mass is 16.6. The number of nitrogens with one attached hydrogen (secondary N) is 6. The molecule has 0 aromatic heterocycles. The topological polar surface area (TPSA) is 251 Å². The number of alkyl carbamates (subject to hydrolysis) is 1. The molecule has 5 amide bonds. The lowest BCUT2D eigenvalue weighted by molar-refractivity contribution is -0.146. The Kier molecular flexibility index (Phi) is 19.8. The average Bonchev–Trinajstić information content (AvgIpc) is 3.08. The van der Waals surface area contributed by atoms with Crippen LogP contribution in [0.3, 0.4) is 0 Å². The fourth-order valence-electron chi connectivity index (χ4n) is 5.01. The lowest BCUT2D eigenvalue weighted by atomic mass is 9.97. The smallest absolute Gasteiger partial charge is 0.408 e. The van der Waals surface area contributed by atoms with Gasteiger partial charge in [0.1, 0.15) is 29.8 Å². The third-order valence-electron chi connectivity index (χ3n) is 8.16. The molecule has 0 spiro atoms. The Morgan fingerprint density at radius 2 is 1.31 bits per heavy atom. The number of amides is 5. The number of Topliss-reactive ketones (excluding diaryl/α,β-unsaturated/α-hetero) is 1. The molecule has 0 fully saturated rings. The molecule has 8 N–H and O–H groups in total. The molecule has 0 saturated carbocycles. The van der Waals surface area contributed by atoms with Gasteiger partial charge in [-0.1, -0.05) is 58.0 Å². The van der Waals surface area contributed by atoms with Crippen LogP contribution in [-0.2, 0) is 44.7 Å². The number of aliphatic hydroxyl groups is 2. The standard InChI is InChI=1S/C37H60N6O11/c1-20(2)30(34(50)43-31(21(3)4)35(51)53-10)42-29(47)17-27(45)25(16-24-14-12-11-13-15-24)38-18-28(46)22(5)39-32(48)23(6)40-33(49)26(19-44)41-36(52)54-37(7,8)9/h11-15,20-23,25-27,30-31,38,44-45H,16-19H2,1-10H3,(H,39,48)(H,40,49)(H,41,52)(H,42,47)(H,43,50)/t22-,23-,25?,26-,27?,30?,31-/m0/s1. The van der Waals surface area contributed by atoms with Crippen LogP contribution in [0.4, 0.5) is 4.79 Å². The molecule has 1 aromatic carbocycles. The van der Waals surface area contributed by atoms with E-state index in [9.17, 15) is 43.8 Å². The lowest BCUT2D eigenvalue weighted by Crippen LogP contribution is -2.56. The summed E-state index contributed by atoms with van der Waals surface area (Å²) in [6.45, 7) is 13.5. The third-order valence-corrected chi connectivity index (χ3v) is 8.16. The van der Waals surface area contributed by atoms with Gasteiger partial charge in [0.15, 0.2) is 5.78 Å². The van der Waals surface area contributed by atoms with Gasteiger partial charge in [-0.25, -0.2) is 9.59 Å². The maximum absolute atomic E-state index is 13.2. The summed E-state index contributed by atoms with van der Waals surface area (Å²) in [6.07, 6.45) is -2.46. The van der Waals surface area contributed by atoms with Crippen molar-refractivity contribution in [3.8, 4) is 0 Å². The fraction of sp³-hybridized carbons (Fsp3) is 0.649. The number of carbonyl (C=O) groups excluding carboxylic acids is 7. The third kappa shape index (κ3) is 17.0.